The number of halogens is 1. The molecule has 1 aromatic carbocycles. The van der Waals surface area contributed by atoms with Crippen LogP contribution in [0.4, 0.5) is 4.39 Å². The average molecular weight is 263 g/mol. The van der Waals surface area contributed by atoms with Crippen LogP contribution in [0.5, 0.6) is 0 Å². The number of nitrogens with two attached hydrogens (primary N) is 1. The van der Waals surface area contributed by atoms with Crippen molar-refractivity contribution in [1.82, 2.24) is 4.90 Å². The monoisotopic (exact) mass is 263 g/mol. The molecule has 1 saturated heterocycles. The molecule has 0 bridgehead atoms. The zero-order valence-electron chi connectivity index (χ0n) is 11.5. The zero-order chi connectivity index (χ0) is 13.7. The van der Waals surface area contributed by atoms with Crippen LogP contribution >= 0.6 is 0 Å². The number of piperidine rings is 1. The van der Waals surface area contributed by atoms with Crippen LogP contribution in [-0.4, -0.2) is 30.5 Å². The third-order valence-electron chi connectivity index (χ3n) is 3.54. The Hall–Kier alpha value is -1.58. The van der Waals surface area contributed by atoms with Gasteiger partial charge in [0.05, 0.1) is 0 Å². The summed E-state index contributed by atoms with van der Waals surface area (Å²) >= 11 is 0. The van der Waals surface area contributed by atoms with Crippen molar-refractivity contribution >= 4 is 5.96 Å². The van der Waals surface area contributed by atoms with Crippen molar-refractivity contribution < 1.29 is 4.39 Å². The largest absolute Gasteiger partial charge is 0.370 e. The summed E-state index contributed by atoms with van der Waals surface area (Å²) in [5, 5.41) is 0. The van der Waals surface area contributed by atoms with Gasteiger partial charge in [0.1, 0.15) is 5.82 Å². The number of rotatable bonds is 3. The van der Waals surface area contributed by atoms with Gasteiger partial charge in [0.2, 0.25) is 0 Å². The van der Waals surface area contributed by atoms with Crippen molar-refractivity contribution in [1.29, 1.82) is 0 Å². The molecule has 2 N–H and O–H groups in total. The van der Waals surface area contributed by atoms with E-state index in [1.54, 1.807) is 12.1 Å². The lowest BCUT2D eigenvalue weighted by Gasteiger charge is -2.31. The lowest BCUT2D eigenvalue weighted by atomic mass is 10.0. The smallest absolute Gasteiger partial charge is 0.191 e. The first-order valence-electron chi connectivity index (χ1n) is 6.94. The first-order valence-corrected chi connectivity index (χ1v) is 6.94. The van der Waals surface area contributed by atoms with E-state index in [0.29, 0.717) is 18.4 Å². The van der Waals surface area contributed by atoms with Crippen LogP contribution < -0.4 is 5.73 Å². The van der Waals surface area contributed by atoms with Gasteiger partial charge >= 0.3 is 0 Å². The minimum Gasteiger partial charge on any atom is -0.370 e. The van der Waals surface area contributed by atoms with Gasteiger partial charge < -0.3 is 10.6 Å². The molecule has 1 aliphatic heterocycles. The van der Waals surface area contributed by atoms with Crippen LogP contribution in [-0.2, 0) is 6.42 Å². The van der Waals surface area contributed by atoms with E-state index in [1.807, 2.05) is 6.07 Å². The van der Waals surface area contributed by atoms with E-state index in [2.05, 4.69) is 16.8 Å². The second-order valence-corrected chi connectivity index (χ2v) is 5.31. The molecule has 1 unspecified atom stereocenters. The van der Waals surface area contributed by atoms with Crippen LogP contribution in [0.2, 0.25) is 0 Å². The van der Waals surface area contributed by atoms with E-state index in [4.69, 9.17) is 5.73 Å². The molecule has 4 heteroatoms. The molecule has 0 spiro atoms. The van der Waals surface area contributed by atoms with Crippen molar-refractivity contribution in [2.24, 2.45) is 16.6 Å². The Morgan fingerprint density at radius 2 is 2.37 bits per heavy atom. The first-order chi connectivity index (χ1) is 9.15. The highest BCUT2D eigenvalue weighted by Gasteiger charge is 2.17. The summed E-state index contributed by atoms with van der Waals surface area (Å²) in [6, 6.07) is 6.65. The molecule has 1 heterocycles. The number of hydrogen-bond donors (Lipinski definition) is 1. The second kappa shape index (κ2) is 6.55. The first kappa shape index (κ1) is 13.8. The van der Waals surface area contributed by atoms with Gasteiger partial charge in [0.15, 0.2) is 5.96 Å². The third kappa shape index (κ3) is 4.23. The summed E-state index contributed by atoms with van der Waals surface area (Å²) in [4.78, 5) is 6.56. The van der Waals surface area contributed by atoms with Crippen LogP contribution in [0.15, 0.2) is 29.3 Å². The Labute approximate surface area is 114 Å². The maximum Gasteiger partial charge on any atom is 0.191 e. The lowest BCUT2D eigenvalue weighted by Crippen LogP contribution is -2.43. The van der Waals surface area contributed by atoms with Crippen LogP contribution in [0.3, 0.4) is 0 Å². The van der Waals surface area contributed by atoms with Gasteiger partial charge in [0, 0.05) is 19.6 Å². The number of aliphatic imine (C=N–C) groups is 1. The van der Waals surface area contributed by atoms with Crippen molar-refractivity contribution in [3.63, 3.8) is 0 Å². The Kier molecular flexibility index (Phi) is 4.77. The topological polar surface area (TPSA) is 41.6 Å². The van der Waals surface area contributed by atoms with Crippen LogP contribution in [0.25, 0.3) is 0 Å². The molecule has 2 rings (SSSR count). The molecule has 1 atom stereocenters. The van der Waals surface area contributed by atoms with Gasteiger partial charge in [-0.15, -0.1) is 0 Å². The number of guanidine groups is 1. The molecular weight excluding hydrogens is 241 g/mol. The highest BCUT2D eigenvalue weighted by atomic mass is 19.1. The standard InChI is InChI=1S/C15H22FN3/c1-12-4-3-9-19(11-12)15(17)18-8-7-13-5-2-6-14(16)10-13/h2,5-6,10,12H,3-4,7-9,11H2,1H3,(H2,17,18). The minimum absolute atomic E-state index is 0.195. The average Bonchev–Trinajstić information content (AvgIpc) is 2.38. The fourth-order valence-corrected chi connectivity index (χ4v) is 2.49. The zero-order valence-corrected chi connectivity index (χ0v) is 11.5. The molecule has 0 radical (unpaired) electrons. The quantitative estimate of drug-likeness (QED) is 0.672. The van der Waals surface area contributed by atoms with Crippen molar-refractivity contribution in [3.05, 3.63) is 35.6 Å². The van der Waals surface area contributed by atoms with Gasteiger partial charge in [-0.3, -0.25) is 4.99 Å². The number of benzene rings is 1. The van der Waals surface area contributed by atoms with E-state index in [1.165, 1.54) is 18.9 Å². The normalized spacial score (nSPS) is 20.6. The maximum absolute atomic E-state index is 13.0. The fraction of sp³-hybridized carbons (Fsp3) is 0.533. The summed E-state index contributed by atoms with van der Waals surface area (Å²) in [6.45, 7) is 4.85. The van der Waals surface area contributed by atoms with Crippen molar-refractivity contribution in [2.75, 3.05) is 19.6 Å². The van der Waals surface area contributed by atoms with E-state index in [0.717, 1.165) is 25.1 Å². The lowest BCUT2D eigenvalue weighted by molar-refractivity contribution is 0.270. The summed E-state index contributed by atoms with van der Waals surface area (Å²) < 4.78 is 13.0. The van der Waals surface area contributed by atoms with Crippen molar-refractivity contribution in [2.45, 2.75) is 26.2 Å². The molecule has 0 aliphatic carbocycles. The van der Waals surface area contributed by atoms with Gasteiger partial charge in [-0.1, -0.05) is 19.1 Å². The maximum atomic E-state index is 13.0. The van der Waals surface area contributed by atoms with E-state index < -0.39 is 0 Å². The summed E-state index contributed by atoms with van der Waals surface area (Å²) in [5.74, 6) is 1.12. The molecule has 19 heavy (non-hydrogen) atoms. The minimum atomic E-state index is -0.195. The molecule has 1 aromatic rings. The number of likely N-dealkylation sites (tertiary alicyclic amines) is 1. The molecule has 0 amide bonds. The second-order valence-electron chi connectivity index (χ2n) is 5.31. The van der Waals surface area contributed by atoms with Crippen molar-refractivity contribution in [3.8, 4) is 0 Å². The van der Waals surface area contributed by atoms with Gasteiger partial charge in [0.25, 0.3) is 0 Å². The molecule has 3 nitrogen and oxygen atoms in total. The van der Waals surface area contributed by atoms with Gasteiger partial charge in [-0.2, -0.15) is 0 Å². The molecular formula is C15H22FN3. The van der Waals surface area contributed by atoms with Crippen LogP contribution in [0.1, 0.15) is 25.3 Å². The molecule has 104 valence electrons. The van der Waals surface area contributed by atoms with E-state index in [9.17, 15) is 4.39 Å². The van der Waals surface area contributed by atoms with Gasteiger partial charge in [-0.05, 0) is 42.9 Å². The Balaban J connectivity index is 1.84. The van der Waals surface area contributed by atoms with E-state index >= 15 is 0 Å². The predicted molar refractivity (Wildman–Crippen MR) is 76.6 cm³/mol. The molecule has 0 saturated carbocycles. The fourth-order valence-electron chi connectivity index (χ4n) is 2.49. The Morgan fingerprint density at radius 1 is 1.53 bits per heavy atom. The Morgan fingerprint density at radius 3 is 3.11 bits per heavy atom. The summed E-state index contributed by atoms with van der Waals surface area (Å²) in [6.07, 6.45) is 3.18. The highest BCUT2D eigenvalue weighted by Crippen LogP contribution is 2.14. The number of nitrogens with zero attached hydrogens (tertiary/aromatic N) is 2. The summed E-state index contributed by atoms with van der Waals surface area (Å²) in [7, 11) is 0. The SMILES string of the molecule is CC1CCCN(C(N)=NCCc2cccc(F)c2)C1. The predicted octanol–water partition coefficient (Wildman–Crippen LogP) is 2.41. The Bertz CT molecular complexity index is 445. The third-order valence-corrected chi connectivity index (χ3v) is 3.54. The molecule has 1 aliphatic rings. The summed E-state index contributed by atoms with van der Waals surface area (Å²) in [5.41, 5.74) is 6.97. The molecule has 0 aromatic heterocycles. The van der Waals surface area contributed by atoms with Crippen LogP contribution in [0, 0.1) is 11.7 Å². The van der Waals surface area contributed by atoms with E-state index in [-0.39, 0.29) is 5.82 Å². The molecule has 1 fully saturated rings. The van der Waals surface area contributed by atoms with Gasteiger partial charge in [-0.25, -0.2) is 4.39 Å². The highest BCUT2D eigenvalue weighted by molar-refractivity contribution is 5.78. The number of hydrogen-bond acceptors (Lipinski definition) is 1.